The zero-order valence-electron chi connectivity index (χ0n) is 15.4. The van der Waals surface area contributed by atoms with Gasteiger partial charge in [0.05, 0.1) is 6.61 Å². The van der Waals surface area contributed by atoms with Crippen LogP contribution in [0.1, 0.15) is 72.6 Å². The first-order valence-corrected chi connectivity index (χ1v) is 8.94. The number of esters is 1. The molecule has 1 amide bonds. The van der Waals surface area contributed by atoms with Crippen molar-refractivity contribution in [1.82, 2.24) is 5.32 Å². The SMILES string of the molecule is CCCCOC(=O)C(NC(=O)OC(C)(C)C)C(=O)C1CCCCC1. The van der Waals surface area contributed by atoms with Crippen LogP contribution in [0.4, 0.5) is 4.79 Å². The Morgan fingerprint density at radius 1 is 1.12 bits per heavy atom. The molecule has 1 unspecified atom stereocenters. The van der Waals surface area contributed by atoms with Crippen molar-refractivity contribution in [3.63, 3.8) is 0 Å². The highest BCUT2D eigenvalue weighted by Gasteiger charge is 2.36. The zero-order valence-corrected chi connectivity index (χ0v) is 15.4. The Morgan fingerprint density at radius 3 is 2.29 bits per heavy atom. The molecule has 6 heteroatoms. The van der Waals surface area contributed by atoms with E-state index in [-0.39, 0.29) is 18.3 Å². The van der Waals surface area contributed by atoms with Crippen molar-refractivity contribution in [2.75, 3.05) is 6.61 Å². The molecule has 138 valence electrons. The van der Waals surface area contributed by atoms with Gasteiger partial charge in [0.1, 0.15) is 5.60 Å². The number of amides is 1. The van der Waals surface area contributed by atoms with Gasteiger partial charge in [0, 0.05) is 5.92 Å². The fraction of sp³-hybridized carbons (Fsp3) is 0.833. The summed E-state index contributed by atoms with van der Waals surface area (Å²) in [7, 11) is 0. The third-order valence-electron chi connectivity index (χ3n) is 3.93. The van der Waals surface area contributed by atoms with Gasteiger partial charge in [-0.3, -0.25) is 4.79 Å². The van der Waals surface area contributed by atoms with E-state index in [1.165, 1.54) is 0 Å². The van der Waals surface area contributed by atoms with Crippen LogP contribution < -0.4 is 5.32 Å². The van der Waals surface area contributed by atoms with Crippen LogP contribution in [0.3, 0.4) is 0 Å². The number of hydrogen-bond acceptors (Lipinski definition) is 5. The highest BCUT2D eigenvalue weighted by Crippen LogP contribution is 2.25. The first kappa shape index (κ1) is 20.5. The van der Waals surface area contributed by atoms with Crippen LogP contribution in [-0.4, -0.2) is 36.1 Å². The number of ketones is 1. The molecule has 0 aromatic heterocycles. The van der Waals surface area contributed by atoms with Crippen LogP contribution in [0.15, 0.2) is 0 Å². The molecule has 0 aromatic carbocycles. The normalized spacial score (nSPS) is 17.0. The summed E-state index contributed by atoms with van der Waals surface area (Å²) in [6.07, 6.45) is 5.40. The smallest absolute Gasteiger partial charge is 0.408 e. The molecule has 6 nitrogen and oxygen atoms in total. The van der Waals surface area contributed by atoms with E-state index in [9.17, 15) is 14.4 Å². The summed E-state index contributed by atoms with van der Waals surface area (Å²) >= 11 is 0. The van der Waals surface area contributed by atoms with E-state index in [1.807, 2.05) is 6.92 Å². The quantitative estimate of drug-likeness (QED) is 0.436. The maximum absolute atomic E-state index is 12.7. The van der Waals surface area contributed by atoms with E-state index >= 15 is 0 Å². The van der Waals surface area contributed by atoms with Crippen LogP contribution in [-0.2, 0) is 19.1 Å². The van der Waals surface area contributed by atoms with Gasteiger partial charge in [-0.25, -0.2) is 9.59 Å². The van der Waals surface area contributed by atoms with Gasteiger partial charge < -0.3 is 14.8 Å². The maximum atomic E-state index is 12.7. The van der Waals surface area contributed by atoms with E-state index in [4.69, 9.17) is 9.47 Å². The highest BCUT2D eigenvalue weighted by atomic mass is 16.6. The van der Waals surface area contributed by atoms with Gasteiger partial charge >= 0.3 is 12.1 Å². The lowest BCUT2D eigenvalue weighted by Gasteiger charge is -2.26. The number of ether oxygens (including phenoxy) is 2. The van der Waals surface area contributed by atoms with Crippen molar-refractivity contribution in [1.29, 1.82) is 0 Å². The first-order chi connectivity index (χ1) is 11.2. The summed E-state index contributed by atoms with van der Waals surface area (Å²) in [5.41, 5.74) is -0.700. The topological polar surface area (TPSA) is 81.7 Å². The molecule has 24 heavy (non-hydrogen) atoms. The molecule has 0 bridgehead atoms. The molecule has 0 heterocycles. The predicted octanol–water partition coefficient (Wildman–Crippen LogP) is 3.37. The summed E-state index contributed by atoms with van der Waals surface area (Å²) in [6, 6.07) is -1.28. The molecule has 0 aromatic rings. The van der Waals surface area contributed by atoms with Gasteiger partial charge in [-0.05, 0) is 40.0 Å². The lowest BCUT2D eigenvalue weighted by molar-refractivity contribution is -0.150. The van der Waals surface area contributed by atoms with Gasteiger partial charge in [-0.2, -0.15) is 0 Å². The average Bonchev–Trinajstić information content (AvgIpc) is 2.51. The largest absolute Gasteiger partial charge is 0.464 e. The van der Waals surface area contributed by atoms with E-state index in [0.29, 0.717) is 0 Å². The standard InChI is InChI=1S/C18H31NO5/c1-5-6-12-23-16(21)14(19-17(22)24-18(2,3)4)15(20)13-10-8-7-9-11-13/h13-14H,5-12H2,1-4H3,(H,19,22). The third kappa shape index (κ3) is 7.32. The number of carbonyl (C=O) groups excluding carboxylic acids is 3. The number of alkyl carbamates (subject to hydrolysis) is 1. The van der Waals surface area contributed by atoms with Crippen molar-refractivity contribution < 1.29 is 23.9 Å². The van der Waals surface area contributed by atoms with Crippen molar-refractivity contribution in [2.45, 2.75) is 84.3 Å². The summed E-state index contributed by atoms with van der Waals surface area (Å²) in [6.45, 7) is 7.41. The average molecular weight is 341 g/mol. The second kappa shape index (κ2) is 9.64. The van der Waals surface area contributed by atoms with Crippen molar-refractivity contribution in [3.05, 3.63) is 0 Å². The Kier molecular flexibility index (Phi) is 8.22. The van der Waals surface area contributed by atoms with Crippen molar-refractivity contribution >= 4 is 17.8 Å². The molecule has 1 saturated carbocycles. The maximum Gasteiger partial charge on any atom is 0.408 e. The Bertz CT molecular complexity index is 435. The summed E-state index contributed by atoms with van der Waals surface area (Å²) in [5.74, 6) is -1.15. The second-order valence-electron chi connectivity index (χ2n) is 7.34. The van der Waals surface area contributed by atoms with Crippen molar-refractivity contribution in [3.8, 4) is 0 Å². The fourth-order valence-corrected chi connectivity index (χ4v) is 2.69. The lowest BCUT2D eigenvalue weighted by Crippen LogP contribution is -2.51. The molecule has 1 rings (SSSR count). The molecule has 1 N–H and O–H groups in total. The Hall–Kier alpha value is -1.59. The molecule has 0 radical (unpaired) electrons. The molecular weight excluding hydrogens is 310 g/mol. The number of rotatable bonds is 7. The summed E-state index contributed by atoms with van der Waals surface area (Å²) in [5, 5.41) is 2.41. The minimum atomic E-state index is -1.28. The van der Waals surface area contributed by atoms with E-state index in [1.54, 1.807) is 20.8 Å². The van der Waals surface area contributed by atoms with E-state index in [0.717, 1.165) is 44.9 Å². The number of carbonyl (C=O) groups is 3. The van der Waals surface area contributed by atoms with Crippen LogP contribution >= 0.6 is 0 Å². The third-order valence-corrected chi connectivity index (χ3v) is 3.93. The monoisotopic (exact) mass is 341 g/mol. The number of unbranched alkanes of at least 4 members (excludes halogenated alkanes) is 1. The molecule has 1 atom stereocenters. The number of hydrogen-bond donors (Lipinski definition) is 1. The summed E-state index contributed by atoms with van der Waals surface area (Å²) in [4.78, 5) is 37.0. The van der Waals surface area contributed by atoms with Gasteiger partial charge in [-0.15, -0.1) is 0 Å². The molecule has 0 spiro atoms. The molecule has 1 fully saturated rings. The predicted molar refractivity (Wildman–Crippen MR) is 90.6 cm³/mol. The van der Waals surface area contributed by atoms with Gasteiger partial charge in [-0.1, -0.05) is 32.6 Å². The lowest BCUT2D eigenvalue weighted by atomic mass is 9.84. The van der Waals surface area contributed by atoms with Crippen LogP contribution in [0, 0.1) is 5.92 Å². The highest BCUT2D eigenvalue weighted by molar-refractivity contribution is 6.06. The Labute approximate surface area is 144 Å². The molecular formula is C18H31NO5. The zero-order chi connectivity index (χ0) is 18.2. The Morgan fingerprint density at radius 2 is 1.75 bits per heavy atom. The van der Waals surface area contributed by atoms with Crippen LogP contribution in [0.2, 0.25) is 0 Å². The minimum Gasteiger partial charge on any atom is -0.464 e. The van der Waals surface area contributed by atoms with Gasteiger partial charge in [0.2, 0.25) is 0 Å². The number of Topliss-reactive ketones (excluding diaryl/α,β-unsaturated/α-hetero) is 1. The van der Waals surface area contributed by atoms with Crippen LogP contribution in [0.25, 0.3) is 0 Å². The molecule has 1 aliphatic rings. The number of nitrogens with one attached hydrogen (secondary N) is 1. The molecule has 0 saturated heterocycles. The van der Waals surface area contributed by atoms with Crippen LogP contribution in [0.5, 0.6) is 0 Å². The second-order valence-corrected chi connectivity index (χ2v) is 7.34. The first-order valence-electron chi connectivity index (χ1n) is 8.94. The van der Waals surface area contributed by atoms with E-state index in [2.05, 4.69) is 5.32 Å². The molecule has 0 aliphatic heterocycles. The minimum absolute atomic E-state index is 0.197. The van der Waals surface area contributed by atoms with Crippen molar-refractivity contribution in [2.24, 2.45) is 5.92 Å². The molecule has 1 aliphatic carbocycles. The van der Waals surface area contributed by atoms with Gasteiger partial charge in [0.15, 0.2) is 11.8 Å². The van der Waals surface area contributed by atoms with E-state index < -0.39 is 23.7 Å². The summed E-state index contributed by atoms with van der Waals surface area (Å²) < 4.78 is 10.3. The van der Waals surface area contributed by atoms with Gasteiger partial charge in [0.25, 0.3) is 0 Å². The fourth-order valence-electron chi connectivity index (χ4n) is 2.69. The Balaban J connectivity index is 2.75.